The van der Waals surface area contributed by atoms with Crippen molar-refractivity contribution >= 4 is 17.5 Å². The number of nitrogens with one attached hydrogen (secondary N) is 1. The average molecular weight is 335 g/mol. The highest BCUT2D eigenvalue weighted by Gasteiger charge is 2.50. The molecular weight excluding hydrogens is 308 g/mol. The molecule has 2 fully saturated rings. The Morgan fingerprint density at radius 1 is 1.35 bits per heavy atom. The van der Waals surface area contributed by atoms with E-state index in [-0.39, 0.29) is 11.4 Å². The minimum atomic E-state index is -0.577. The number of rotatable bonds is 5. The molecule has 1 saturated carbocycles. The van der Waals surface area contributed by atoms with Crippen molar-refractivity contribution in [2.45, 2.75) is 70.0 Å². The highest BCUT2D eigenvalue weighted by molar-refractivity contribution is 6.30. The van der Waals surface area contributed by atoms with Gasteiger partial charge < -0.3 is 5.32 Å². The molecule has 1 heterocycles. The van der Waals surface area contributed by atoms with Crippen LogP contribution in [0, 0.1) is 0 Å². The summed E-state index contributed by atoms with van der Waals surface area (Å²) in [6.45, 7) is 9.46. The Bertz CT molecular complexity index is 601. The monoisotopic (exact) mass is 334 g/mol. The average Bonchev–Trinajstić information content (AvgIpc) is 3.25. The van der Waals surface area contributed by atoms with Gasteiger partial charge in [-0.1, -0.05) is 23.7 Å². The number of carbonyl (C=O) groups is 1. The molecule has 1 aliphatic carbocycles. The molecule has 0 bridgehead atoms. The van der Waals surface area contributed by atoms with Crippen LogP contribution in [0.25, 0.3) is 0 Å². The second-order valence-corrected chi connectivity index (χ2v) is 8.41. The lowest BCUT2D eigenvalue weighted by atomic mass is 9.83. The largest absolute Gasteiger partial charge is 0.349 e. The maximum Gasteiger partial charge on any atom is 0.230 e. The quantitative estimate of drug-likeness (QED) is 0.889. The highest BCUT2D eigenvalue weighted by atomic mass is 35.5. The predicted molar refractivity (Wildman–Crippen MR) is 94.8 cm³/mol. The summed E-state index contributed by atoms with van der Waals surface area (Å²) in [4.78, 5) is 15.4. The molecule has 2 unspecified atom stereocenters. The first-order chi connectivity index (χ1) is 10.7. The number of benzene rings is 1. The Morgan fingerprint density at radius 2 is 2.00 bits per heavy atom. The van der Waals surface area contributed by atoms with E-state index in [1.54, 1.807) is 0 Å². The van der Waals surface area contributed by atoms with Gasteiger partial charge in [-0.15, -0.1) is 0 Å². The molecular formula is C19H27ClN2O. The first kappa shape index (κ1) is 16.8. The summed E-state index contributed by atoms with van der Waals surface area (Å²) in [6.07, 6.45) is 3.43. The first-order valence-electron chi connectivity index (χ1n) is 8.58. The summed E-state index contributed by atoms with van der Waals surface area (Å²) >= 11 is 6.09. The van der Waals surface area contributed by atoms with Gasteiger partial charge in [0.15, 0.2) is 0 Å². The van der Waals surface area contributed by atoms with Crippen molar-refractivity contribution in [3.63, 3.8) is 0 Å². The lowest BCUT2D eigenvalue weighted by Crippen LogP contribution is -2.59. The topological polar surface area (TPSA) is 32.3 Å². The van der Waals surface area contributed by atoms with E-state index in [9.17, 15) is 4.79 Å². The van der Waals surface area contributed by atoms with Crippen LogP contribution in [0.1, 0.15) is 52.5 Å². The number of carbonyl (C=O) groups excluding carboxylic acids is 1. The third-order valence-electron chi connectivity index (χ3n) is 5.65. The molecule has 4 heteroatoms. The third-order valence-corrected chi connectivity index (χ3v) is 5.88. The smallest absolute Gasteiger partial charge is 0.230 e. The van der Waals surface area contributed by atoms with Gasteiger partial charge in [0.05, 0.1) is 11.0 Å². The molecule has 1 aromatic rings. The van der Waals surface area contributed by atoms with Crippen molar-refractivity contribution in [1.82, 2.24) is 10.2 Å². The van der Waals surface area contributed by atoms with Crippen molar-refractivity contribution in [1.29, 1.82) is 0 Å². The molecule has 3 rings (SSSR count). The SMILES string of the molecule is CC1CC(C)N1CC1(NC(=O)C(C)(C)c2cccc(Cl)c2)CC1. The van der Waals surface area contributed by atoms with Crippen LogP contribution in [-0.2, 0) is 10.2 Å². The van der Waals surface area contributed by atoms with Crippen LogP contribution in [0.4, 0.5) is 0 Å². The van der Waals surface area contributed by atoms with Gasteiger partial charge in [-0.05, 0) is 64.7 Å². The molecule has 0 radical (unpaired) electrons. The number of amides is 1. The number of hydrogen-bond donors (Lipinski definition) is 1. The Hall–Kier alpha value is -1.06. The fourth-order valence-corrected chi connectivity index (χ4v) is 3.79. The highest BCUT2D eigenvalue weighted by Crippen LogP contribution is 2.41. The lowest BCUT2D eigenvalue weighted by molar-refractivity contribution is -0.127. The summed E-state index contributed by atoms with van der Waals surface area (Å²) in [6, 6.07) is 8.89. The van der Waals surface area contributed by atoms with Crippen molar-refractivity contribution in [3.8, 4) is 0 Å². The molecule has 1 aromatic carbocycles. The van der Waals surface area contributed by atoms with Gasteiger partial charge in [-0.25, -0.2) is 0 Å². The molecule has 1 N–H and O–H groups in total. The van der Waals surface area contributed by atoms with Crippen LogP contribution in [0.2, 0.25) is 5.02 Å². The van der Waals surface area contributed by atoms with Gasteiger partial charge in [-0.3, -0.25) is 9.69 Å². The van der Waals surface area contributed by atoms with E-state index < -0.39 is 5.41 Å². The van der Waals surface area contributed by atoms with E-state index in [1.165, 1.54) is 6.42 Å². The van der Waals surface area contributed by atoms with Gasteiger partial charge in [0, 0.05) is 23.7 Å². The molecule has 126 valence electrons. The maximum atomic E-state index is 12.9. The lowest BCUT2D eigenvalue weighted by Gasteiger charge is -2.47. The fraction of sp³-hybridized carbons (Fsp3) is 0.632. The minimum absolute atomic E-state index is 0.0180. The van der Waals surface area contributed by atoms with Crippen molar-refractivity contribution in [3.05, 3.63) is 34.9 Å². The Morgan fingerprint density at radius 3 is 2.52 bits per heavy atom. The zero-order valence-corrected chi connectivity index (χ0v) is 15.3. The molecule has 1 aliphatic heterocycles. The van der Waals surface area contributed by atoms with Crippen LogP contribution in [0.3, 0.4) is 0 Å². The zero-order chi connectivity index (χ0) is 16.8. The van der Waals surface area contributed by atoms with E-state index in [1.807, 2.05) is 38.1 Å². The summed E-state index contributed by atoms with van der Waals surface area (Å²) in [5.74, 6) is 0.0955. The van der Waals surface area contributed by atoms with E-state index >= 15 is 0 Å². The second-order valence-electron chi connectivity index (χ2n) is 7.98. The molecule has 23 heavy (non-hydrogen) atoms. The molecule has 0 spiro atoms. The molecule has 3 nitrogen and oxygen atoms in total. The summed E-state index contributed by atoms with van der Waals surface area (Å²) in [5, 5.41) is 4.02. The maximum absolute atomic E-state index is 12.9. The number of hydrogen-bond acceptors (Lipinski definition) is 2. The van der Waals surface area contributed by atoms with Gasteiger partial charge in [0.2, 0.25) is 5.91 Å². The Kier molecular flexibility index (Phi) is 4.22. The van der Waals surface area contributed by atoms with Crippen molar-refractivity contribution in [2.75, 3.05) is 6.54 Å². The van der Waals surface area contributed by atoms with Gasteiger partial charge in [0.25, 0.3) is 0 Å². The third kappa shape index (κ3) is 3.27. The zero-order valence-electron chi connectivity index (χ0n) is 14.5. The number of halogens is 1. The van der Waals surface area contributed by atoms with Gasteiger partial charge in [-0.2, -0.15) is 0 Å². The summed E-state index contributed by atoms with van der Waals surface area (Å²) in [7, 11) is 0. The van der Waals surface area contributed by atoms with E-state index in [4.69, 9.17) is 11.6 Å². The normalized spacial score (nSPS) is 26.5. The van der Waals surface area contributed by atoms with Gasteiger partial charge in [0.1, 0.15) is 0 Å². The van der Waals surface area contributed by atoms with Crippen molar-refractivity contribution < 1.29 is 4.79 Å². The molecule has 0 aromatic heterocycles. The Labute approximate surface area is 144 Å². The van der Waals surface area contributed by atoms with Crippen LogP contribution in [0.15, 0.2) is 24.3 Å². The summed E-state index contributed by atoms with van der Waals surface area (Å²) in [5.41, 5.74) is 0.367. The molecule has 1 amide bonds. The molecule has 2 atom stereocenters. The standard InChI is InChI=1S/C19H27ClN2O/c1-13-10-14(2)22(13)12-19(8-9-19)21-17(23)18(3,4)15-6-5-7-16(20)11-15/h5-7,11,13-14H,8-10,12H2,1-4H3,(H,21,23). The van der Waals surface area contributed by atoms with Crippen LogP contribution in [-0.4, -0.2) is 35.0 Å². The summed E-state index contributed by atoms with van der Waals surface area (Å²) < 4.78 is 0. The second kappa shape index (κ2) is 5.78. The van der Waals surface area contributed by atoms with Crippen molar-refractivity contribution in [2.24, 2.45) is 0 Å². The van der Waals surface area contributed by atoms with E-state index in [0.717, 1.165) is 24.9 Å². The van der Waals surface area contributed by atoms with Crippen LogP contribution < -0.4 is 5.32 Å². The first-order valence-corrected chi connectivity index (χ1v) is 8.96. The fourth-order valence-electron chi connectivity index (χ4n) is 3.60. The van der Waals surface area contributed by atoms with E-state index in [2.05, 4.69) is 24.1 Å². The predicted octanol–water partition coefficient (Wildman–Crippen LogP) is 3.75. The number of likely N-dealkylation sites (tertiary alicyclic amines) is 1. The van der Waals surface area contributed by atoms with Crippen LogP contribution >= 0.6 is 11.6 Å². The van der Waals surface area contributed by atoms with Crippen LogP contribution in [0.5, 0.6) is 0 Å². The molecule has 2 aliphatic rings. The number of nitrogens with zero attached hydrogens (tertiary/aromatic N) is 1. The van der Waals surface area contributed by atoms with Gasteiger partial charge >= 0.3 is 0 Å². The Balaban J connectivity index is 1.68. The molecule has 1 saturated heterocycles. The minimum Gasteiger partial charge on any atom is -0.349 e. The van der Waals surface area contributed by atoms with E-state index in [0.29, 0.717) is 17.1 Å².